The smallest absolute Gasteiger partial charge is 0.406 e. The number of anilines is 1. The highest BCUT2D eigenvalue weighted by Crippen LogP contribution is 2.24. The fourth-order valence-electron chi connectivity index (χ4n) is 3.23. The number of halogens is 3. The largest absolute Gasteiger partial charge is 0.573 e. The number of nitrogens with zero attached hydrogens (tertiary/aromatic N) is 3. The Labute approximate surface area is 180 Å². The van der Waals surface area contributed by atoms with E-state index in [-0.39, 0.29) is 24.5 Å². The third kappa shape index (κ3) is 5.29. The molecule has 3 aromatic rings. The van der Waals surface area contributed by atoms with Crippen molar-refractivity contribution in [2.24, 2.45) is 0 Å². The number of fused-ring (bicyclic) bond motifs is 1. The number of ether oxygens (including phenoxy) is 1. The van der Waals surface area contributed by atoms with Crippen LogP contribution in [0, 0.1) is 0 Å². The Kier molecular flexibility index (Phi) is 6.56. The van der Waals surface area contributed by atoms with Crippen molar-refractivity contribution >= 4 is 28.5 Å². The van der Waals surface area contributed by atoms with Crippen LogP contribution < -0.4 is 15.7 Å². The zero-order valence-electron chi connectivity index (χ0n) is 17.3. The summed E-state index contributed by atoms with van der Waals surface area (Å²) in [7, 11) is 1.42. The molecule has 0 radical (unpaired) electrons. The molecule has 0 fully saturated rings. The highest BCUT2D eigenvalue weighted by Gasteiger charge is 2.31. The second-order valence-corrected chi connectivity index (χ2v) is 6.97. The summed E-state index contributed by atoms with van der Waals surface area (Å²) in [4.78, 5) is 38.7. The van der Waals surface area contributed by atoms with E-state index in [2.05, 4.69) is 10.1 Å². The van der Waals surface area contributed by atoms with Crippen molar-refractivity contribution in [1.82, 2.24) is 14.0 Å². The first kappa shape index (κ1) is 22.9. The van der Waals surface area contributed by atoms with Crippen LogP contribution in [0.4, 0.5) is 18.9 Å². The lowest BCUT2D eigenvalue weighted by molar-refractivity contribution is -0.274. The van der Waals surface area contributed by atoms with E-state index in [4.69, 9.17) is 0 Å². The minimum absolute atomic E-state index is 0.237. The van der Waals surface area contributed by atoms with E-state index in [0.717, 1.165) is 12.1 Å². The molecule has 2 aromatic carbocycles. The fourth-order valence-corrected chi connectivity index (χ4v) is 3.23. The number of likely N-dealkylation sites (N-methyl/N-ethyl adjacent to an activating group) is 1. The molecule has 11 heteroatoms. The van der Waals surface area contributed by atoms with Gasteiger partial charge in [0.1, 0.15) is 12.3 Å². The van der Waals surface area contributed by atoms with Crippen LogP contribution in [0.15, 0.2) is 53.3 Å². The van der Waals surface area contributed by atoms with E-state index < -0.39 is 23.9 Å². The lowest BCUT2D eigenvalue weighted by atomic mass is 10.3. The Balaban J connectivity index is 1.63. The van der Waals surface area contributed by atoms with Gasteiger partial charge in [0.15, 0.2) is 0 Å². The summed E-state index contributed by atoms with van der Waals surface area (Å²) < 4.78 is 43.3. The SMILES string of the molecule is CCn1c(=O)n(CC(=O)N(C)CC(=O)Nc2ccc(OC(F)(F)F)cc2)c2ccccc21. The molecule has 0 aliphatic carbocycles. The maximum Gasteiger partial charge on any atom is 0.573 e. The first-order chi connectivity index (χ1) is 15.1. The molecular weight excluding hydrogens is 429 g/mol. The fraction of sp³-hybridized carbons (Fsp3) is 0.286. The minimum Gasteiger partial charge on any atom is -0.406 e. The Hall–Kier alpha value is -3.76. The Morgan fingerprint density at radius 2 is 1.62 bits per heavy atom. The first-order valence-electron chi connectivity index (χ1n) is 9.66. The molecule has 0 spiro atoms. The molecular formula is C21H21F3N4O4. The number of hydrogen-bond donors (Lipinski definition) is 1. The monoisotopic (exact) mass is 450 g/mol. The van der Waals surface area contributed by atoms with Crippen LogP contribution in [0.2, 0.25) is 0 Å². The zero-order chi connectivity index (χ0) is 23.5. The summed E-state index contributed by atoms with van der Waals surface area (Å²) in [5.41, 5.74) is 1.26. The number of hydrogen-bond acceptors (Lipinski definition) is 4. The lowest BCUT2D eigenvalue weighted by Crippen LogP contribution is -2.38. The molecule has 32 heavy (non-hydrogen) atoms. The number of nitrogens with one attached hydrogen (secondary N) is 1. The summed E-state index contributed by atoms with van der Waals surface area (Å²) in [5, 5.41) is 2.49. The van der Waals surface area contributed by atoms with Crippen LogP contribution in [0.3, 0.4) is 0 Å². The Morgan fingerprint density at radius 3 is 2.19 bits per heavy atom. The summed E-state index contributed by atoms with van der Waals surface area (Å²) in [6.07, 6.45) is -4.81. The van der Waals surface area contributed by atoms with E-state index in [0.29, 0.717) is 17.6 Å². The maximum absolute atomic E-state index is 12.7. The van der Waals surface area contributed by atoms with Gasteiger partial charge in [0.25, 0.3) is 0 Å². The van der Waals surface area contributed by atoms with Gasteiger partial charge in [-0.15, -0.1) is 13.2 Å². The molecule has 0 aliphatic rings. The van der Waals surface area contributed by atoms with Crippen LogP contribution in [0.25, 0.3) is 11.0 Å². The molecule has 0 aliphatic heterocycles. The second-order valence-electron chi connectivity index (χ2n) is 6.97. The molecule has 0 unspecified atom stereocenters. The van der Waals surface area contributed by atoms with Gasteiger partial charge in [-0.3, -0.25) is 18.7 Å². The molecule has 8 nitrogen and oxygen atoms in total. The second kappa shape index (κ2) is 9.16. The molecule has 3 rings (SSSR count). The molecule has 0 saturated carbocycles. The quantitative estimate of drug-likeness (QED) is 0.600. The van der Waals surface area contributed by atoms with Crippen molar-refractivity contribution in [2.75, 3.05) is 18.9 Å². The molecule has 1 aromatic heterocycles. The zero-order valence-corrected chi connectivity index (χ0v) is 17.3. The van der Waals surface area contributed by atoms with Crippen LogP contribution in [-0.4, -0.2) is 45.8 Å². The van der Waals surface area contributed by atoms with Crippen molar-refractivity contribution in [3.8, 4) is 5.75 Å². The lowest BCUT2D eigenvalue weighted by Gasteiger charge is -2.17. The van der Waals surface area contributed by atoms with Crippen molar-refractivity contribution in [1.29, 1.82) is 0 Å². The molecule has 170 valence electrons. The van der Waals surface area contributed by atoms with E-state index in [1.54, 1.807) is 28.8 Å². The number of aryl methyl sites for hydroxylation is 1. The number of carbonyl (C=O) groups is 2. The highest BCUT2D eigenvalue weighted by molar-refractivity contribution is 5.94. The summed E-state index contributed by atoms with van der Waals surface area (Å²) in [5.74, 6) is -1.41. The number of aromatic nitrogens is 2. The van der Waals surface area contributed by atoms with Gasteiger partial charge in [0.2, 0.25) is 11.8 Å². The molecule has 0 atom stereocenters. The van der Waals surface area contributed by atoms with Gasteiger partial charge >= 0.3 is 12.1 Å². The number of benzene rings is 2. The van der Waals surface area contributed by atoms with Crippen molar-refractivity contribution in [2.45, 2.75) is 26.4 Å². The van der Waals surface area contributed by atoms with Crippen LogP contribution >= 0.6 is 0 Å². The average Bonchev–Trinajstić information content (AvgIpc) is 2.99. The Morgan fingerprint density at radius 1 is 1.03 bits per heavy atom. The van der Waals surface area contributed by atoms with Crippen molar-refractivity contribution in [3.63, 3.8) is 0 Å². The maximum atomic E-state index is 12.7. The number of amides is 2. The van der Waals surface area contributed by atoms with E-state index in [9.17, 15) is 27.6 Å². The van der Waals surface area contributed by atoms with Crippen LogP contribution in [0.5, 0.6) is 5.75 Å². The predicted molar refractivity (Wildman–Crippen MR) is 111 cm³/mol. The van der Waals surface area contributed by atoms with Gasteiger partial charge in [-0.25, -0.2) is 4.79 Å². The average molecular weight is 450 g/mol. The van der Waals surface area contributed by atoms with Gasteiger partial charge < -0.3 is 15.0 Å². The van der Waals surface area contributed by atoms with Crippen LogP contribution in [0.1, 0.15) is 6.92 Å². The van der Waals surface area contributed by atoms with E-state index in [1.165, 1.54) is 28.6 Å². The van der Waals surface area contributed by atoms with Crippen LogP contribution in [-0.2, 0) is 22.7 Å². The van der Waals surface area contributed by atoms with Gasteiger partial charge in [-0.2, -0.15) is 0 Å². The third-order valence-corrected chi connectivity index (χ3v) is 4.71. The number of rotatable bonds is 7. The number of para-hydroxylation sites is 2. The molecule has 0 bridgehead atoms. The standard InChI is InChI=1S/C21H21F3N4O4/c1-3-27-16-6-4-5-7-17(16)28(20(27)31)13-19(30)26(2)12-18(29)25-14-8-10-15(11-9-14)32-21(22,23)24/h4-11H,3,12-13H2,1-2H3,(H,25,29). The minimum atomic E-state index is -4.81. The van der Waals surface area contributed by atoms with Crippen molar-refractivity contribution in [3.05, 3.63) is 59.0 Å². The number of carbonyl (C=O) groups excluding carboxylic acids is 2. The van der Waals surface area contributed by atoms with Gasteiger partial charge in [0, 0.05) is 19.3 Å². The van der Waals surface area contributed by atoms with E-state index >= 15 is 0 Å². The summed E-state index contributed by atoms with van der Waals surface area (Å²) in [6.45, 7) is 1.74. The topological polar surface area (TPSA) is 85.6 Å². The number of alkyl halides is 3. The predicted octanol–water partition coefficient (Wildman–Crippen LogP) is 2.82. The summed E-state index contributed by atoms with van der Waals surface area (Å²) in [6, 6.07) is 11.7. The normalized spacial score (nSPS) is 11.4. The van der Waals surface area contributed by atoms with Crippen molar-refractivity contribution < 1.29 is 27.5 Å². The Bertz CT molecular complexity index is 1180. The molecule has 1 heterocycles. The molecule has 2 amide bonds. The van der Waals surface area contributed by atoms with Gasteiger partial charge in [-0.05, 0) is 43.3 Å². The highest BCUT2D eigenvalue weighted by atomic mass is 19.4. The first-order valence-corrected chi connectivity index (χ1v) is 9.66. The van der Waals surface area contributed by atoms with Gasteiger partial charge in [0.05, 0.1) is 17.6 Å². The summed E-state index contributed by atoms with van der Waals surface area (Å²) >= 11 is 0. The van der Waals surface area contributed by atoms with E-state index in [1.807, 2.05) is 6.92 Å². The number of imidazole rings is 1. The molecule has 0 saturated heterocycles. The third-order valence-electron chi connectivity index (χ3n) is 4.71. The van der Waals surface area contributed by atoms with Gasteiger partial charge in [-0.1, -0.05) is 12.1 Å². The molecule has 1 N–H and O–H groups in total.